The van der Waals surface area contributed by atoms with E-state index >= 15 is 0 Å². The second-order valence-corrected chi connectivity index (χ2v) is 5.03. The fraction of sp³-hybridized carbons (Fsp3) is 0.583. The van der Waals surface area contributed by atoms with Crippen molar-refractivity contribution < 1.29 is 4.79 Å². The van der Waals surface area contributed by atoms with Crippen molar-refractivity contribution >= 4 is 23.3 Å². The molecule has 0 radical (unpaired) electrons. The lowest BCUT2D eigenvalue weighted by atomic mass is 9.94. The van der Waals surface area contributed by atoms with Gasteiger partial charge in [0.25, 0.3) is 0 Å². The molecule has 0 aliphatic carbocycles. The van der Waals surface area contributed by atoms with Crippen molar-refractivity contribution in [1.82, 2.24) is 9.97 Å². The molecule has 0 aromatic carbocycles. The number of rotatable bonds is 6. The Morgan fingerprint density at radius 2 is 2.28 bits per heavy atom. The molecule has 0 aliphatic heterocycles. The van der Waals surface area contributed by atoms with Gasteiger partial charge in [0, 0.05) is 12.6 Å². The van der Waals surface area contributed by atoms with Gasteiger partial charge in [-0.3, -0.25) is 4.79 Å². The van der Waals surface area contributed by atoms with Crippen LogP contribution in [0.4, 0.5) is 5.82 Å². The molecule has 0 aliphatic rings. The lowest BCUT2D eigenvalue weighted by molar-refractivity contribution is -0.117. The van der Waals surface area contributed by atoms with Gasteiger partial charge in [-0.1, -0.05) is 13.8 Å². The lowest BCUT2D eigenvalue weighted by Crippen LogP contribution is -2.23. The fourth-order valence-corrected chi connectivity index (χ4v) is 1.94. The zero-order valence-corrected chi connectivity index (χ0v) is 11.4. The van der Waals surface area contributed by atoms with Crippen molar-refractivity contribution in [3.05, 3.63) is 17.5 Å². The molecule has 1 aromatic rings. The second kappa shape index (κ2) is 7.28. The van der Waals surface area contributed by atoms with Crippen LogP contribution in [0.25, 0.3) is 0 Å². The van der Waals surface area contributed by atoms with Gasteiger partial charge < -0.3 is 11.1 Å². The van der Waals surface area contributed by atoms with E-state index in [1.165, 1.54) is 6.20 Å². The van der Waals surface area contributed by atoms with Crippen LogP contribution in [-0.2, 0) is 4.79 Å². The maximum atomic E-state index is 11.8. The van der Waals surface area contributed by atoms with Crippen molar-refractivity contribution in [3.63, 3.8) is 0 Å². The highest BCUT2D eigenvalue weighted by Crippen LogP contribution is 2.15. The minimum absolute atomic E-state index is 0.0964. The van der Waals surface area contributed by atoms with Crippen molar-refractivity contribution in [2.45, 2.75) is 26.7 Å². The molecule has 6 heteroatoms. The van der Waals surface area contributed by atoms with E-state index in [-0.39, 0.29) is 17.1 Å². The van der Waals surface area contributed by atoms with Crippen LogP contribution in [0.15, 0.2) is 12.3 Å². The Morgan fingerprint density at radius 1 is 1.56 bits per heavy atom. The Balaban J connectivity index is 2.50. The lowest BCUT2D eigenvalue weighted by Gasteiger charge is -2.16. The van der Waals surface area contributed by atoms with Crippen LogP contribution < -0.4 is 11.1 Å². The molecule has 1 amide bonds. The molecule has 0 saturated heterocycles. The normalized spacial score (nSPS) is 12.5. The van der Waals surface area contributed by atoms with Gasteiger partial charge in [0.05, 0.1) is 0 Å². The largest absolute Gasteiger partial charge is 0.330 e. The van der Waals surface area contributed by atoms with E-state index in [4.69, 9.17) is 17.3 Å². The van der Waals surface area contributed by atoms with Crippen LogP contribution in [0.2, 0.25) is 5.28 Å². The van der Waals surface area contributed by atoms with E-state index in [2.05, 4.69) is 29.1 Å². The molecule has 100 valence electrons. The summed E-state index contributed by atoms with van der Waals surface area (Å²) in [6.07, 6.45) is 2.84. The number of hydrogen-bond acceptors (Lipinski definition) is 4. The molecule has 18 heavy (non-hydrogen) atoms. The quantitative estimate of drug-likeness (QED) is 0.776. The topological polar surface area (TPSA) is 80.9 Å². The first-order chi connectivity index (χ1) is 8.51. The molecule has 1 heterocycles. The molecule has 0 bridgehead atoms. The first-order valence-corrected chi connectivity index (χ1v) is 6.37. The highest BCUT2D eigenvalue weighted by Gasteiger charge is 2.14. The predicted molar refractivity (Wildman–Crippen MR) is 72.3 cm³/mol. The first-order valence-electron chi connectivity index (χ1n) is 5.99. The smallest absolute Gasteiger partial charge is 0.225 e. The van der Waals surface area contributed by atoms with Gasteiger partial charge in [0.2, 0.25) is 11.2 Å². The summed E-state index contributed by atoms with van der Waals surface area (Å²) in [7, 11) is 0. The number of nitrogens with one attached hydrogen (secondary N) is 1. The number of halogens is 1. The molecule has 1 atom stereocenters. The fourth-order valence-electron chi connectivity index (χ4n) is 1.79. The summed E-state index contributed by atoms with van der Waals surface area (Å²) in [6, 6.07) is 1.60. The molecular weight excluding hydrogens is 252 g/mol. The van der Waals surface area contributed by atoms with E-state index in [1.54, 1.807) is 6.07 Å². The third kappa shape index (κ3) is 5.42. The summed E-state index contributed by atoms with van der Waals surface area (Å²) in [6.45, 7) is 4.74. The van der Waals surface area contributed by atoms with Crippen LogP contribution in [-0.4, -0.2) is 22.4 Å². The molecule has 0 saturated carbocycles. The summed E-state index contributed by atoms with van der Waals surface area (Å²) in [5.74, 6) is 1.04. The summed E-state index contributed by atoms with van der Waals surface area (Å²) in [5, 5.41) is 2.81. The highest BCUT2D eigenvalue weighted by atomic mass is 35.5. The number of anilines is 1. The van der Waals surface area contributed by atoms with Gasteiger partial charge in [0.15, 0.2) is 0 Å². The Bertz CT molecular complexity index is 397. The Labute approximate surface area is 112 Å². The van der Waals surface area contributed by atoms with Crippen LogP contribution in [0, 0.1) is 11.8 Å². The SMILES string of the molecule is CC(C)CC(CN)CC(=O)Nc1ccnc(Cl)n1. The van der Waals surface area contributed by atoms with Crippen LogP contribution in [0.5, 0.6) is 0 Å². The average molecular weight is 271 g/mol. The van der Waals surface area contributed by atoms with E-state index in [9.17, 15) is 4.79 Å². The summed E-state index contributed by atoms with van der Waals surface area (Å²) < 4.78 is 0. The number of nitrogens with two attached hydrogens (primary N) is 1. The molecule has 3 N–H and O–H groups in total. The first kappa shape index (κ1) is 14.9. The van der Waals surface area contributed by atoms with Gasteiger partial charge in [0.1, 0.15) is 5.82 Å². The second-order valence-electron chi connectivity index (χ2n) is 4.69. The molecular formula is C12H19ClN4O. The van der Waals surface area contributed by atoms with Gasteiger partial charge in [-0.25, -0.2) is 9.97 Å². The highest BCUT2D eigenvalue weighted by molar-refractivity contribution is 6.28. The molecule has 1 rings (SSSR count). The number of carbonyl (C=O) groups is 1. The zero-order valence-electron chi connectivity index (χ0n) is 10.7. The van der Waals surface area contributed by atoms with Crippen molar-refractivity contribution in [3.8, 4) is 0 Å². The van der Waals surface area contributed by atoms with E-state index in [0.717, 1.165) is 6.42 Å². The van der Waals surface area contributed by atoms with Crippen LogP contribution >= 0.6 is 11.6 Å². The van der Waals surface area contributed by atoms with E-state index in [0.29, 0.717) is 24.7 Å². The zero-order chi connectivity index (χ0) is 13.5. The maximum absolute atomic E-state index is 11.8. The van der Waals surface area contributed by atoms with E-state index < -0.39 is 0 Å². The molecule has 1 unspecified atom stereocenters. The van der Waals surface area contributed by atoms with Gasteiger partial charge in [-0.05, 0) is 42.5 Å². The van der Waals surface area contributed by atoms with Crippen molar-refractivity contribution in [2.75, 3.05) is 11.9 Å². The Kier molecular flexibility index (Phi) is 6.01. The minimum atomic E-state index is -0.0964. The Hall–Kier alpha value is -1.20. The average Bonchev–Trinajstić information content (AvgIpc) is 2.27. The minimum Gasteiger partial charge on any atom is -0.330 e. The summed E-state index contributed by atoms with van der Waals surface area (Å²) in [4.78, 5) is 19.4. The number of hydrogen-bond donors (Lipinski definition) is 2. The maximum Gasteiger partial charge on any atom is 0.225 e. The monoisotopic (exact) mass is 270 g/mol. The molecule has 5 nitrogen and oxygen atoms in total. The van der Waals surface area contributed by atoms with Gasteiger partial charge in [-0.2, -0.15) is 0 Å². The van der Waals surface area contributed by atoms with Crippen molar-refractivity contribution in [1.29, 1.82) is 0 Å². The standard InChI is InChI=1S/C12H19ClN4O/c1-8(2)5-9(7-14)6-11(18)16-10-3-4-15-12(13)17-10/h3-4,8-9H,5-7,14H2,1-2H3,(H,15,16,17,18). The number of carbonyl (C=O) groups excluding carboxylic acids is 1. The van der Waals surface area contributed by atoms with Crippen LogP contribution in [0.3, 0.4) is 0 Å². The Morgan fingerprint density at radius 3 is 2.83 bits per heavy atom. The number of nitrogens with zero attached hydrogens (tertiary/aromatic N) is 2. The number of aromatic nitrogens is 2. The van der Waals surface area contributed by atoms with E-state index in [1.807, 2.05) is 0 Å². The molecule has 1 aromatic heterocycles. The molecule has 0 fully saturated rings. The molecule has 0 spiro atoms. The third-order valence-electron chi connectivity index (χ3n) is 2.51. The predicted octanol–water partition coefficient (Wildman–Crippen LogP) is 2.08. The van der Waals surface area contributed by atoms with Gasteiger partial charge in [-0.15, -0.1) is 0 Å². The van der Waals surface area contributed by atoms with Crippen molar-refractivity contribution in [2.24, 2.45) is 17.6 Å². The summed E-state index contributed by atoms with van der Waals surface area (Å²) >= 11 is 5.64. The number of amides is 1. The van der Waals surface area contributed by atoms with Gasteiger partial charge >= 0.3 is 0 Å². The third-order valence-corrected chi connectivity index (χ3v) is 2.69. The van der Waals surface area contributed by atoms with Crippen LogP contribution in [0.1, 0.15) is 26.7 Å². The summed E-state index contributed by atoms with van der Waals surface area (Å²) in [5.41, 5.74) is 5.66.